The fraction of sp³-hybridized carbons (Fsp3) is 0.533. The second-order valence-corrected chi connectivity index (χ2v) is 6.53. The molecule has 21 heavy (non-hydrogen) atoms. The lowest BCUT2D eigenvalue weighted by molar-refractivity contribution is -0.0461. The zero-order chi connectivity index (χ0) is 14.8. The zero-order valence-corrected chi connectivity index (χ0v) is 13.2. The maximum absolute atomic E-state index is 13.3. The molecule has 0 radical (unpaired) electrons. The molecular weight excluding hydrogens is 339 g/mol. The third kappa shape index (κ3) is 3.62. The molecule has 1 aromatic rings. The molecule has 0 aromatic heterocycles. The standard InChI is InChI=1S/C15H18BrFN2O2/c16-11-4-10(5-12(17)6-11)15(20)18-7-14-8-19-3-1-2-13(19)9-21-14/h4-6,13-14H,1-3,7-9H2,(H,18,20)/t13-,14+/m1/s1. The molecule has 2 heterocycles. The predicted molar refractivity (Wildman–Crippen MR) is 80.8 cm³/mol. The summed E-state index contributed by atoms with van der Waals surface area (Å²) in [5.74, 6) is -0.703. The number of carbonyl (C=O) groups excluding carboxylic acids is 1. The van der Waals surface area contributed by atoms with Crippen LogP contribution in [0.1, 0.15) is 23.2 Å². The highest BCUT2D eigenvalue weighted by molar-refractivity contribution is 9.10. The van der Waals surface area contributed by atoms with Crippen molar-refractivity contribution in [2.24, 2.45) is 0 Å². The average Bonchev–Trinajstić information content (AvgIpc) is 2.91. The molecule has 1 N–H and O–H groups in total. The van der Waals surface area contributed by atoms with Crippen LogP contribution in [0.25, 0.3) is 0 Å². The van der Waals surface area contributed by atoms with Crippen molar-refractivity contribution >= 4 is 21.8 Å². The molecule has 2 aliphatic heterocycles. The van der Waals surface area contributed by atoms with Crippen LogP contribution < -0.4 is 5.32 Å². The normalized spacial score (nSPS) is 25.6. The van der Waals surface area contributed by atoms with Crippen LogP contribution in [-0.2, 0) is 4.74 Å². The van der Waals surface area contributed by atoms with Crippen molar-refractivity contribution in [2.45, 2.75) is 25.0 Å². The number of hydrogen-bond donors (Lipinski definition) is 1. The highest BCUT2D eigenvalue weighted by Crippen LogP contribution is 2.22. The van der Waals surface area contributed by atoms with E-state index < -0.39 is 5.82 Å². The number of ether oxygens (including phenoxy) is 1. The highest BCUT2D eigenvalue weighted by Gasteiger charge is 2.32. The van der Waals surface area contributed by atoms with Gasteiger partial charge >= 0.3 is 0 Å². The summed E-state index contributed by atoms with van der Waals surface area (Å²) in [6.07, 6.45) is 2.45. The molecule has 2 saturated heterocycles. The van der Waals surface area contributed by atoms with Gasteiger partial charge in [-0.1, -0.05) is 15.9 Å². The molecule has 0 spiro atoms. The van der Waals surface area contributed by atoms with Crippen molar-refractivity contribution in [3.8, 4) is 0 Å². The SMILES string of the molecule is O=C(NC[C@H]1CN2CCC[C@@H]2CO1)c1cc(F)cc(Br)c1. The van der Waals surface area contributed by atoms with E-state index in [0.29, 0.717) is 22.6 Å². The lowest BCUT2D eigenvalue weighted by Crippen LogP contribution is -2.50. The van der Waals surface area contributed by atoms with E-state index in [4.69, 9.17) is 4.74 Å². The molecule has 3 rings (SSSR count). The van der Waals surface area contributed by atoms with Crippen LogP contribution in [0, 0.1) is 5.82 Å². The number of hydrogen-bond acceptors (Lipinski definition) is 3. The van der Waals surface area contributed by atoms with Crippen molar-refractivity contribution in [1.82, 2.24) is 10.2 Å². The molecule has 0 aliphatic carbocycles. The van der Waals surface area contributed by atoms with Gasteiger partial charge in [-0.3, -0.25) is 9.69 Å². The maximum Gasteiger partial charge on any atom is 0.251 e. The van der Waals surface area contributed by atoms with Crippen LogP contribution >= 0.6 is 15.9 Å². The van der Waals surface area contributed by atoms with Crippen LogP contribution in [0.15, 0.2) is 22.7 Å². The van der Waals surface area contributed by atoms with Crippen LogP contribution in [0.2, 0.25) is 0 Å². The van der Waals surface area contributed by atoms with Crippen molar-refractivity contribution < 1.29 is 13.9 Å². The largest absolute Gasteiger partial charge is 0.373 e. The minimum absolute atomic E-state index is 0.0142. The molecule has 2 fully saturated rings. The van der Waals surface area contributed by atoms with E-state index in [1.165, 1.54) is 25.0 Å². The number of rotatable bonds is 3. The molecule has 114 valence electrons. The second kappa shape index (κ2) is 6.42. The highest BCUT2D eigenvalue weighted by atomic mass is 79.9. The summed E-state index contributed by atoms with van der Waals surface area (Å²) >= 11 is 3.19. The van der Waals surface area contributed by atoms with Gasteiger partial charge < -0.3 is 10.1 Å². The quantitative estimate of drug-likeness (QED) is 0.902. The van der Waals surface area contributed by atoms with Crippen LogP contribution in [-0.4, -0.2) is 49.2 Å². The summed E-state index contributed by atoms with van der Waals surface area (Å²) in [5, 5.41) is 2.82. The van der Waals surface area contributed by atoms with E-state index >= 15 is 0 Å². The minimum Gasteiger partial charge on any atom is -0.373 e. The van der Waals surface area contributed by atoms with Gasteiger partial charge in [0, 0.05) is 29.2 Å². The molecule has 1 amide bonds. The summed E-state index contributed by atoms with van der Waals surface area (Å²) in [6.45, 7) is 3.18. The number of carbonyl (C=O) groups is 1. The Morgan fingerprint density at radius 3 is 3.14 bits per heavy atom. The Hall–Kier alpha value is -0.980. The van der Waals surface area contributed by atoms with E-state index in [1.54, 1.807) is 6.07 Å². The lowest BCUT2D eigenvalue weighted by atomic mass is 10.1. The molecular formula is C15H18BrFN2O2. The van der Waals surface area contributed by atoms with Gasteiger partial charge in [-0.2, -0.15) is 0 Å². The number of nitrogens with zero attached hydrogens (tertiary/aromatic N) is 1. The Balaban J connectivity index is 1.53. The van der Waals surface area contributed by atoms with E-state index in [0.717, 1.165) is 19.7 Å². The smallest absolute Gasteiger partial charge is 0.251 e. The van der Waals surface area contributed by atoms with Gasteiger partial charge in [0.25, 0.3) is 5.91 Å². The van der Waals surface area contributed by atoms with Crippen molar-refractivity contribution in [3.05, 3.63) is 34.1 Å². The van der Waals surface area contributed by atoms with Gasteiger partial charge in [0.2, 0.25) is 0 Å². The molecule has 2 atom stereocenters. The molecule has 1 aromatic carbocycles. The summed E-state index contributed by atoms with van der Waals surface area (Å²) in [6, 6.07) is 4.72. The Kier molecular flexibility index (Phi) is 4.57. The molecule has 6 heteroatoms. The fourth-order valence-electron chi connectivity index (χ4n) is 3.00. The third-order valence-electron chi connectivity index (χ3n) is 4.08. The number of halogens is 2. The second-order valence-electron chi connectivity index (χ2n) is 5.61. The van der Waals surface area contributed by atoms with Gasteiger partial charge in [0.1, 0.15) is 5.82 Å². The zero-order valence-electron chi connectivity index (χ0n) is 11.6. The van der Waals surface area contributed by atoms with E-state index in [9.17, 15) is 9.18 Å². The summed E-state index contributed by atoms with van der Waals surface area (Å²) in [4.78, 5) is 14.5. The van der Waals surface area contributed by atoms with Crippen molar-refractivity contribution in [2.75, 3.05) is 26.2 Å². The first kappa shape index (κ1) is 14.9. The molecule has 4 nitrogen and oxygen atoms in total. The summed E-state index contributed by atoms with van der Waals surface area (Å²) < 4.78 is 19.6. The fourth-order valence-corrected chi connectivity index (χ4v) is 3.47. The number of morpholine rings is 1. The van der Waals surface area contributed by atoms with Crippen molar-refractivity contribution in [1.29, 1.82) is 0 Å². The molecule has 0 bridgehead atoms. The maximum atomic E-state index is 13.3. The van der Waals surface area contributed by atoms with E-state index in [2.05, 4.69) is 26.1 Å². The summed E-state index contributed by atoms with van der Waals surface area (Å²) in [7, 11) is 0. The first-order valence-electron chi connectivity index (χ1n) is 7.22. The Morgan fingerprint density at radius 1 is 1.48 bits per heavy atom. The number of nitrogens with one attached hydrogen (secondary N) is 1. The topological polar surface area (TPSA) is 41.6 Å². The molecule has 2 aliphatic rings. The summed E-state index contributed by atoms with van der Waals surface area (Å²) in [5.41, 5.74) is 0.316. The molecule has 0 saturated carbocycles. The Labute approximate surface area is 131 Å². The number of benzene rings is 1. The van der Waals surface area contributed by atoms with Crippen LogP contribution in [0.4, 0.5) is 4.39 Å². The van der Waals surface area contributed by atoms with Crippen LogP contribution in [0.5, 0.6) is 0 Å². The van der Waals surface area contributed by atoms with E-state index in [1.807, 2.05) is 0 Å². The van der Waals surface area contributed by atoms with Crippen LogP contribution in [0.3, 0.4) is 0 Å². The first-order valence-corrected chi connectivity index (χ1v) is 8.01. The first-order chi connectivity index (χ1) is 10.1. The number of amides is 1. The van der Waals surface area contributed by atoms with Gasteiger partial charge in [0.15, 0.2) is 0 Å². The third-order valence-corrected chi connectivity index (χ3v) is 4.53. The van der Waals surface area contributed by atoms with Gasteiger partial charge in [-0.15, -0.1) is 0 Å². The monoisotopic (exact) mass is 356 g/mol. The van der Waals surface area contributed by atoms with E-state index in [-0.39, 0.29) is 12.0 Å². The number of fused-ring (bicyclic) bond motifs is 1. The minimum atomic E-state index is -0.427. The average molecular weight is 357 g/mol. The predicted octanol–water partition coefficient (Wildman–Crippen LogP) is 2.18. The van der Waals surface area contributed by atoms with Gasteiger partial charge in [-0.25, -0.2) is 4.39 Å². The molecule has 0 unspecified atom stereocenters. The lowest BCUT2D eigenvalue weighted by Gasteiger charge is -2.35. The van der Waals surface area contributed by atoms with Gasteiger partial charge in [0.05, 0.1) is 12.7 Å². The van der Waals surface area contributed by atoms with Gasteiger partial charge in [-0.05, 0) is 37.6 Å². The Bertz CT molecular complexity index is 520. The van der Waals surface area contributed by atoms with Crippen molar-refractivity contribution in [3.63, 3.8) is 0 Å². The Morgan fingerprint density at radius 2 is 2.33 bits per heavy atom.